The average Bonchev–Trinajstić information content (AvgIpc) is 3.13. The zero-order valence-corrected chi connectivity index (χ0v) is 14.3. The molecule has 0 spiro atoms. The molecule has 1 aromatic heterocycles. The van der Waals surface area contributed by atoms with Crippen molar-refractivity contribution in [3.63, 3.8) is 0 Å². The van der Waals surface area contributed by atoms with Gasteiger partial charge in [0.2, 0.25) is 0 Å². The number of thiazole rings is 1. The highest BCUT2D eigenvalue weighted by atomic mass is 32.1. The Kier molecular flexibility index (Phi) is 3.97. The van der Waals surface area contributed by atoms with Gasteiger partial charge in [-0.05, 0) is 24.1 Å². The summed E-state index contributed by atoms with van der Waals surface area (Å²) in [7, 11) is 0. The molecule has 24 heavy (non-hydrogen) atoms. The van der Waals surface area contributed by atoms with Gasteiger partial charge in [-0.15, -0.1) is 11.3 Å². The van der Waals surface area contributed by atoms with Gasteiger partial charge in [0, 0.05) is 16.5 Å². The predicted molar refractivity (Wildman–Crippen MR) is 103 cm³/mol. The third-order valence-electron chi connectivity index (χ3n) is 4.07. The van der Waals surface area contributed by atoms with Crippen molar-refractivity contribution in [2.45, 2.75) is 6.92 Å². The van der Waals surface area contributed by atoms with E-state index in [9.17, 15) is 0 Å². The van der Waals surface area contributed by atoms with Crippen molar-refractivity contribution in [2.75, 3.05) is 0 Å². The first-order valence-electron chi connectivity index (χ1n) is 7.98. The van der Waals surface area contributed by atoms with Gasteiger partial charge in [-0.1, -0.05) is 78.4 Å². The fourth-order valence-corrected chi connectivity index (χ4v) is 3.56. The second kappa shape index (κ2) is 6.42. The topological polar surface area (TPSA) is 12.9 Å². The molecule has 0 atom stereocenters. The molecule has 2 heteroatoms. The lowest BCUT2D eigenvalue weighted by atomic mass is 10.0. The van der Waals surface area contributed by atoms with Gasteiger partial charge < -0.3 is 0 Å². The quantitative estimate of drug-likeness (QED) is 0.421. The summed E-state index contributed by atoms with van der Waals surface area (Å²) in [6, 6.07) is 27.6. The summed E-state index contributed by atoms with van der Waals surface area (Å²) in [4.78, 5) is 4.83. The Bertz CT molecular complexity index is 953. The number of aryl methyl sites for hydroxylation is 1. The van der Waals surface area contributed by atoms with E-state index in [2.05, 4.69) is 85.1 Å². The molecular weight excluding hydrogens is 310 g/mol. The standard InChI is InChI=1S/C22H17NS/c1-16-10-12-18(13-11-16)22-23-21(15-24-22)20-9-5-8-19(14-20)17-6-3-2-4-7-17/h2-15H,1H3. The summed E-state index contributed by atoms with van der Waals surface area (Å²) in [5.41, 5.74) is 7.09. The molecule has 0 bridgehead atoms. The molecule has 116 valence electrons. The first-order valence-corrected chi connectivity index (χ1v) is 8.86. The lowest BCUT2D eigenvalue weighted by Crippen LogP contribution is -1.82. The van der Waals surface area contributed by atoms with Crippen LogP contribution in [0.4, 0.5) is 0 Å². The number of nitrogens with zero attached hydrogens (tertiary/aromatic N) is 1. The van der Waals surface area contributed by atoms with E-state index in [0.29, 0.717) is 0 Å². The molecule has 0 saturated carbocycles. The third kappa shape index (κ3) is 3.01. The van der Waals surface area contributed by atoms with Crippen LogP contribution in [0.1, 0.15) is 5.56 Å². The molecule has 0 fully saturated rings. The zero-order valence-electron chi connectivity index (χ0n) is 13.4. The molecule has 0 radical (unpaired) electrons. The van der Waals surface area contributed by atoms with Gasteiger partial charge in [0.05, 0.1) is 5.69 Å². The van der Waals surface area contributed by atoms with E-state index in [4.69, 9.17) is 4.98 Å². The molecule has 0 aliphatic rings. The van der Waals surface area contributed by atoms with Crippen molar-refractivity contribution in [2.24, 2.45) is 0 Å². The highest BCUT2D eigenvalue weighted by Crippen LogP contribution is 2.31. The molecule has 0 N–H and O–H groups in total. The molecule has 4 aromatic rings. The Balaban J connectivity index is 1.69. The van der Waals surface area contributed by atoms with E-state index in [1.54, 1.807) is 11.3 Å². The van der Waals surface area contributed by atoms with Crippen molar-refractivity contribution in [3.05, 3.63) is 89.8 Å². The fourth-order valence-electron chi connectivity index (χ4n) is 2.72. The number of aromatic nitrogens is 1. The van der Waals surface area contributed by atoms with Crippen LogP contribution in [0.3, 0.4) is 0 Å². The maximum Gasteiger partial charge on any atom is 0.124 e. The number of rotatable bonds is 3. The van der Waals surface area contributed by atoms with Gasteiger partial charge in [0.1, 0.15) is 5.01 Å². The minimum Gasteiger partial charge on any atom is -0.236 e. The highest BCUT2D eigenvalue weighted by Gasteiger charge is 2.07. The first kappa shape index (κ1) is 14.9. The summed E-state index contributed by atoms with van der Waals surface area (Å²) >= 11 is 1.69. The predicted octanol–water partition coefficient (Wildman–Crippen LogP) is 6.45. The van der Waals surface area contributed by atoms with Crippen LogP contribution in [0.2, 0.25) is 0 Å². The summed E-state index contributed by atoms with van der Waals surface area (Å²) in [5, 5.41) is 3.20. The Morgan fingerprint density at radius 3 is 2.17 bits per heavy atom. The van der Waals surface area contributed by atoms with E-state index in [-0.39, 0.29) is 0 Å². The largest absolute Gasteiger partial charge is 0.236 e. The van der Waals surface area contributed by atoms with Gasteiger partial charge in [-0.2, -0.15) is 0 Å². The summed E-state index contributed by atoms with van der Waals surface area (Å²) in [6.45, 7) is 2.10. The minimum absolute atomic E-state index is 1.04. The third-order valence-corrected chi connectivity index (χ3v) is 4.96. The Morgan fingerprint density at radius 1 is 0.667 bits per heavy atom. The molecule has 0 aliphatic carbocycles. The fraction of sp³-hybridized carbons (Fsp3) is 0.0455. The summed E-state index contributed by atoms with van der Waals surface area (Å²) in [5.74, 6) is 0. The van der Waals surface area contributed by atoms with Gasteiger partial charge in [0.15, 0.2) is 0 Å². The van der Waals surface area contributed by atoms with E-state index < -0.39 is 0 Å². The molecule has 3 aromatic carbocycles. The van der Waals surface area contributed by atoms with Crippen LogP contribution in [0.5, 0.6) is 0 Å². The molecule has 1 heterocycles. The van der Waals surface area contributed by atoms with Crippen molar-refractivity contribution in [1.82, 2.24) is 4.98 Å². The van der Waals surface area contributed by atoms with Crippen LogP contribution < -0.4 is 0 Å². The molecule has 0 saturated heterocycles. The van der Waals surface area contributed by atoms with Gasteiger partial charge in [-0.25, -0.2) is 4.98 Å². The number of benzene rings is 3. The van der Waals surface area contributed by atoms with E-state index in [1.807, 2.05) is 6.07 Å². The van der Waals surface area contributed by atoms with Crippen LogP contribution in [-0.2, 0) is 0 Å². The van der Waals surface area contributed by atoms with Crippen LogP contribution in [0, 0.1) is 6.92 Å². The van der Waals surface area contributed by atoms with Gasteiger partial charge >= 0.3 is 0 Å². The Morgan fingerprint density at radius 2 is 1.38 bits per heavy atom. The van der Waals surface area contributed by atoms with E-state index in [0.717, 1.165) is 16.3 Å². The van der Waals surface area contributed by atoms with Crippen LogP contribution in [0.15, 0.2) is 84.2 Å². The van der Waals surface area contributed by atoms with E-state index in [1.165, 1.54) is 22.3 Å². The van der Waals surface area contributed by atoms with Gasteiger partial charge in [-0.3, -0.25) is 0 Å². The first-order chi connectivity index (χ1) is 11.8. The maximum absolute atomic E-state index is 4.83. The minimum atomic E-state index is 1.04. The SMILES string of the molecule is Cc1ccc(-c2nc(-c3cccc(-c4ccccc4)c3)cs2)cc1. The number of hydrogen-bond donors (Lipinski definition) is 0. The highest BCUT2D eigenvalue weighted by molar-refractivity contribution is 7.13. The zero-order chi connectivity index (χ0) is 16.4. The monoisotopic (exact) mass is 327 g/mol. The summed E-state index contributed by atoms with van der Waals surface area (Å²) in [6.07, 6.45) is 0. The lowest BCUT2D eigenvalue weighted by molar-refractivity contribution is 1.39. The maximum atomic E-state index is 4.83. The average molecular weight is 327 g/mol. The molecule has 0 unspecified atom stereocenters. The normalized spacial score (nSPS) is 10.7. The van der Waals surface area contributed by atoms with Crippen molar-refractivity contribution in [3.8, 4) is 33.0 Å². The molecule has 0 aliphatic heterocycles. The molecule has 0 amide bonds. The van der Waals surface area contributed by atoms with Crippen molar-refractivity contribution < 1.29 is 0 Å². The smallest absolute Gasteiger partial charge is 0.124 e. The van der Waals surface area contributed by atoms with Crippen LogP contribution in [0.25, 0.3) is 33.0 Å². The molecular formula is C22H17NS. The molecule has 1 nitrogen and oxygen atoms in total. The van der Waals surface area contributed by atoms with Crippen molar-refractivity contribution >= 4 is 11.3 Å². The van der Waals surface area contributed by atoms with Crippen LogP contribution >= 0.6 is 11.3 Å². The lowest BCUT2D eigenvalue weighted by Gasteiger charge is -2.04. The number of hydrogen-bond acceptors (Lipinski definition) is 2. The van der Waals surface area contributed by atoms with Crippen LogP contribution in [-0.4, -0.2) is 4.98 Å². The Hall–Kier alpha value is -2.71. The second-order valence-electron chi connectivity index (χ2n) is 5.85. The Labute approximate surface area is 146 Å². The van der Waals surface area contributed by atoms with E-state index >= 15 is 0 Å². The second-order valence-corrected chi connectivity index (χ2v) is 6.71. The van der Waals surface area contributed by atoms with Gasteiger partial charge in [0.25, 0.3) is 0 Å². The van der Waals surface area contributed by atoms with Crippen molar-refractivity contribution in [1.29, 1.82) is 0 Å². The molecule has 4 rings (SSSR count). The summed E-state index contributed by atoms with van der Waals surface area (Å²) < 4.78 is 0.